The molecule has 0 fully saturated rings. The van der Waals surface area contributed by atoms with Gasteiger partial charge in [0, 0.05) is 16.1 Å². The highest BCUT2D eigenvalue weighted by molar-refractivity contribution is 9.10. The molecule has 0 saturated carbocycles. The molecule has 16 heavy (non-hydrogen) atoms. The Morgan fingerprint density at radius 2 is 2.19 bits per heavy atom. The van der Waals surface area contributed by atoms with E-state index in [9.17, 15) is 9.90 Å². The molecule has 0 heterocycles. The van der Waals surface area contributed by atoms with Crippen LogP contribution in [0.4, 0.5) is 0 Å². The largest absolute Gasteiger partial charge is 0.507 e. The van der Waals surface area contributed by atoms with Crippen molar-refractivity contribution in [3.63, 3.8) is 0 Å². The van der Waals surface area contributed by atoms with E-state index < -0.39 is 12.0 Å². The zero-order chi connectivity index (χ0) is 12.3. The van der Waals surface area contributed by atoms with Crippen molar-refractivity contribution in [2.24, 2.45) is 5.73 Å². The summed E-state index contributed by atoms with van der Waals surface area (Å²) in [6, 6.07) is 2.76. The summed E-state index contributed by atoms with van der Waals surface area (Å²) in [5.74, 6) is -0.885. The lowest BCUT2D eigenvalue weighted by atomic mass is 9.99. The molecule has 1 unspecified atom stereocenters. The summed E-state index contributed by atoms with van der Waals surface area (Å²) >= 11 is 3.31. The highest BCUT2D eigenvalue weighted by Gasteiger charge is 2.17. The van der Waals surface area contributed by atoms with E-state index in [1.807, 2.05) is 6.92 Å². The van der Waals surface area contributed by atoms with Gasteiger partial charge in [-0.05, 0) is 24.1 Å². The third-order valence-corrected chi connectivity index (χ3v) is 2.82. The molecule has 0 spiro atoms. The molecule has 0 saturated heterocycles. The molecule has 0 aliphatic rings. The Hall–Kier alpha value is -1.07. The van der Waals surface area contributed by atoms with E-state index in [0.29, 0.717) is 12.0 Å². The number of carboxylic acids is 1. The molecule has 5 heteroatoms. The van der Waals surface area contributed by atoms with Crippen LogP contribution >= 0.6 is 15.9 Å². The van der Waals surface area contributed by atoms with Crippen LogP contribution in [0, 0.1) is 0 Å². The molecule has 1 aromatic rings. The first-order valence-electron chi connectivity index (χ1n) is 4.94. The maximum Gasteiger partial charge on any atom is 0.305 e. The molecule has 1 rings (SSSR count). The second-order valence-corrected chi connectivity index (χ2v) is 4.48. The number of aliphatic carboxylic acids is 1. The average Bonchev–Trinajstić information content (AvgIpc) is 2.19. The number of phenolic OH excluding ortho intramolecular Hbond substituents is 1. The van der Waals surface area contributed by atoms with Gasteiger partial charge in [0.2, 0.25) is 0 Å². The summed E-state index contributed by atoms with van der Waals surface area (Å²) in [6.45, 7) is 1.91. The summed E-state index contributed by atoms with van der Waals surface area (Å²) in [5, 5.41) is 18.6. The van der Waals surface area contributed by atoms with Gasteiger partial charge in [0.25, 0.3) is 0 Å². The van der Waals surface area contributed by atoms with Gasteiger partial charge >= 0.3 is 5.97 Å². The van der Waals surface area contributed by atoms with Crippen LogP contribution < -0.4 is 5.73 Å². The Bertz CT molecular complexity index is 406. The first-order chi connectivity index (χ1) is 7.45. The number of phenols is 1. The Balaban J connectivity index is 3.12. The van der Waals surface area contributed by atoms with E-state index in [-0.39, 0.29) is 12.2 Å². The monoisotopic (exact) mass is 287 g/mol. The normalized spacial score (nSPS) is 12.4. The standard InChI is InChI=1S/C11H14BrNO3/c1-2-6-3-7(12)4-8(11(6)16)9(13)5-10(14)15/h3-4,9,16H,2,5,13H2,1H3,(H,14,15). The molecule has 0 aromatic heterocycles. The van der Waals surface area contributed by atoms with Gasteiger partial charge in [-0.3, -0.25) is 4.79 Å². The van der Waals surface area contributed by atoms with Crippen molar-refractivity contribution in [2.75, 3.05) is 0 Å². The minimum Gasteiger partial charge on any atom is -0.507 e. The zero-order valence-electron chi connectivity index (χ0n) is 8.90. The zero-order valence-corrected chi connectivity index (χ0v) is 10.5. The van der Waals surface area contributed by atoms with Gasteiger partial charge in [0.1, 0.15) is 5.75 Å². The molecule has 0 amide bonds. The van der Waals surface area contributed by atoms with Gasteiger partial charge in [-0.2, -0.15) is 0 Å². The number of benzene rings is 1. The second-order valence-electron chi connectivity index (χ2n) is 3.56. The van der Waals surface area contributed by atoms with Gasteiger partial charge in [-0.25, -0.2) is 0 Å². The number of hydrogen-bond acceptors (Lipinski definition) is 3. The van der Waals surface area contributed by atoms with Gasteiger partial charge in [-0.1, -0.05) is 22.9 Å². The topological polar surface area (TPSA) is 83.6 Å². The molecule has 0 bridgehead atoms. The molecule has 1 aromatic carbocycles. The van der Waals surface area contributed by atoms with Crippen molar-refractivity contribution in [3.05, 3.63) is 27.7 Å². The first kappa shape index (κ1) is 13.0. The molecule has 0 aliphatic carbocycles. The van der Waals surface area contributed by atoms with Crippen LogP contribution in [0.15, 0.2) is 16.6 Å². The van der Waals surface area contributed by atoms with Crippen LogP contribution in [0.3, 0.4) is 0 Å². The predicted molar refractivity (Wildman–Crippen MR) is 64.4 cm³/mol. The smallest absolute Gasteiger partial charge is 0.305 e. The molecular weight excluding hydrogens is 274 g/mol. The minimum absolute atomic E-state index is 0.0967. The number of carboxylic acid groups (broad SMARTS) is 1. The van der Waals surface area contributed by atoms with Crippen molar-refractivity contribution in [1.29, 1.82) is 0 Å². The van der Waals surface area contributed by atoms with Crippen LogP contribution in [0.1, 0.15) is 30.5 Å². The average molecular weight is 288 g/mol. The Morgan fingerprint density at radius 3 is 2.69 bits per heavy atom. The Kier molecular flexibility index (Phi) is 4.32. The van der Waals surface area contributed by atoms with Gasteiger partial charge in [0.15, 0.2) is 0 Å². The highest BCUT2D eigenvalue weighted by Crippen LogP contribution is 2.32. The van der Waals surface area contributed by atoms with E-state index in [0.717, 1.165) is 10.0 Å². The van der Waals surface area contributed by atoms with E-state index in [1.54, 1.807) is 12.1 Å². The number of aromatic hydroxyl groups is 1. The lowest BCUT2D eigenvalue weighted by Crippen LogP contribution is -2.15. The number of nitrogens with two attached hydrogens (primary N) is 1. The van der Waals surface area contributed by atoms with Crippen LogP contribution in [-0.4, -0.2) is 16.2 Å². The molecule has 4 N–H and O–H groups in total. The minimum atomic E-state index is -0.982. The SMILES string of the molecule is CCc1cc(Br)cc(C(N)CC(=O)O)c1O. The third kappa shape index (κ3) is 2.96. The summed E-state index contributed by atoms with van der Waals surface area (Å²) in [4.78, 5) is 10.6. The van der Waals surface area contributed by atoms with E-state index in [4.69, 9.17) is 10.8 Å². The molecule has 88 valence electrons. The van der Waals surface area contributed by atoms with Crippen LogP contribution in [0.2, 0.25) is 0 Å². The van der Waals surface area contributed by atoms with Gasteiger partial charge < -0.3 is 15.9 Å². The van der Waals surface area contributed by atoms with Crippen molar-refractivity contribution in [1.82, 2.24) is 0 Å². The summed E-state index contributed by atoms with van der Waals surface area (Å²) in [6.07, 6.45) is 0.464. The molecular formula is C11H14BrNO3. The second kappa shape index (κ2) is 5.32. The quantitative estimate of drug-likeness (QED) is 0.793. The highest BCUT2D eigenvalue weighted by atomic mass is 79.9. The molecule has 1 atom stereocenters. The number of rotatable bonds is 4. The number of carbonyl (C=O) groups is 1. The number of aryl methyl sites for hydroxylation is 1. The lowest BCUT2D eigenvalue weighted by Gasteiger charge is -2.14. The van der Waals surface area contributed by atoms with E-state index in [1.165, 1.54) is 0 Å². The van der Waals surface area contributed by atoms with Crippen LogP contribution in [0.5, 0.6) is 5.75 Å². The summed E-state index contributed by atoms with van der Waals surface area (Å²) < 4.78 is 0.790. The Morgan fingerprint density at radius 1 is 1.56 bits per heavy atom. The fourth-order valence-corrected chi connectivity index (χ4v) is 2.05. The Labute approximate surface area is 102 Å². The van der Waals surface area contributed by atoms with Crippen molar-refractivity contribution < 1.29 is 15.0 Å². The molecule has 0 aliphatic heterocycles. The van der Waals surface area contributed by atoms with Crippen molar-refractivity contribution in [2.45, 2.75) is 25.8 Å². The van der Waals surface area contributed by atoms with Crippen molar-refractivity contribution in [3.8, 4) is 5.75 Å². The third-order valence-electron chi connectivity index (χ3n) is 2.36. The fourth-order valence-electron chi connectivity index (χ4n) is 1.53. The van der Waals surface area contributed by atoms with Crippen LogP contribution in [-0.2, 0) is 11.2 Å². The lowest BCUT2D eigenvalue weighted by molar-refractivity contribution is -0.137. The molecule has 0 radical (unpaired) electrons. The number of halogens is 1. The van der Waals surface area contributed by atoms with E-state index in [2.05, 4.69) is 15.9 Å². The molecule has 4 nitrogen and oxygen atoms in total. The van der Waals surface area contributed by atoms with Crippen LogP contribution in [0.25, 0.3) is 0 Å². The van der Waals surface area contributed by atoms with E-state index >= 15 is 0 Å². The first-order valence-corrected chi connectivity index (χ1v) is 5.73. The summed E-state index contributed by atoms with van der Waals surface area (Å²) in [5.41, 5.74) is 6.95. The van der Waals surface area contributed by atoms with Crippen molar-refractivity contribution >= 4 is 21.9 Å². The fraction of sp³-hybridized carbons (Fsp3) is 0.364. The van der Waals surface area contributed by atoms with Gasteiger partial charge in [-0.15, -0.1) is 0 Å². The predicted octanol–water partition coefficient (Wildman–Crippen LogP) is 2.19. The maximum absolute atomic E-state index is 10.6. The summed E-state index contributed by atoms with van der Waals surface area (Å²) in [7, 11) is 0. The maximum atomic E-state index is 10.6. The van der Waals surface area contributed by atoms with Gasteiger partial charge in [0.05, 0.1) is 6.42 Å². The number of hydrogen-bond donors (Lipinski definition) is 3.